The first-order chi connectivity index (χ1) is 14.2. The van der Waals surface area contributed by atoms with Gasteiger partial charge in [0.15, 0.2) is 5.82 Å². The number of hydrogen-bond acceptors (Lipinski definition) is 4. The Kier molecular flexibility index (Phi) is 6.22. The van der Waals surface area contributed by atoms with Crippen LogP contribution in [0.2, 0.25) is 5.02 Å². The van der Waals surface area contributed by atoms with Crippen molar-refractivity contribution in [2.75, 3.05) is 18.9 Å². The van der Waals surface area contributed by atoms with Gasteiger partial charge in [-0.2, -0.15) is 5.10 Å². The standard InChI is InChI=1S/C22H24ClN5O2/c1-13-7-6-8-18(16(13)4)24-20(29)12-27(5)22(30)21-17(23)9-10-19(25-21)28-15(3)11-14(2)26-28/h6-11H,12H2,1-5H3,(H,24,29). The fourth-order valence-electron chi connectivity index (χ4n) is 3.10. The maximum absolute atomic E-state index is 12.9. The average molecular weight is 426 g/mol. The van der Waals surface area contributed by atoms with Crippen molar-refractivity contribution in [3.63, 3.8) is 0 Å². The summed E-state index contributed by atoms with van der Waals surface area (Å²) in [5.41, 5.74) is 4.60. The van der Waals surface area contributed by atoms with Crippen molar-refractivity contribution in [2.24, 2.45) is 0 Å². The van der Waals surface area contributed by atoms with Gasteiger partial charge in [0, 0.05) is 18.4 Å². The highest BCUT2D eigenvalue weighted by molar-refractivity contribution is 6.33. The molecule has 0 saturated carbocycles. The van der Waals surface area contributed by atoms with E-state index in [1.165, 1.54) is 4.90 Å². The minimum absolute atomic E-state index is 0.0729. The van der Waals surface area contributed by atoms with Gasteiger partial charge in [-0.05, 0) is 63.1 Å². The third-order valence-electron chi connectivity index (χ3n) is 4.87. The summed E-state index contributed by atoms with van der Waals surface area (Å²) >= 11 is 6.23. The summed E-state index contributed by atoms with van der Waals surface area (Å²) < 4.78 is 1.65. The number of pyridine rings is 1. The number of likely N-dealkylation sites (N-methyl/N-ethyl adjacent to an activating group) is 1. The number of aromatic nitrogens is 3. The highest BCUT2D eigenvalue weighted by Crippen LogP contribution is 2.20. The molecule has 0 atom stereocenters. The minimum atomic E-state index is -0.445. The quantitative estimate of drug-likeness (QED) is 0.673. The number of halogens is 1. The Hall–Kier alpha value is -3.19. The Morgan fingerprint density at radius 3 is 2.53 bits per heavy atom. The number of benzene rings is 1. The van der Waals surface area contributed by atoms with E-state index >= 15 is 0 Å². The molecule has 3 aromatic rings. The summed E-state index contributed by atoms with van der Waals surface area (Å²) in [6.07, 6.45) is 0. The fraction of sp³-hybridized carbons (Fsp3) is 0.273. The number of nitrogens with one attached hydrogen (secondary N) is 1. The number of anilines is 1. The van der Waals surface area contributed by atoms with Gasteiger partial charge in [-0.3, -0.25) is 9.59 Å². The molecular formula is C22H24ClN5O2. The molecule has 1 aromatic carbocycles. The number of nitrogens with zero attached hydrogens (tertiary/aromatic N) is 4. The zero-order chi connectivity index (χ0) is 22.0. The number of hydrogen-bond donors (Lipinski definition) is 1. The van der Waals surface area contributed by atoms with Gasteiger partial charge in [0.1, 0.15) is 5.69 Å². The first-order valence-electron chi connectivity index (χ1n) is 9.49. The predicted octanol–water partition coefficient (Wildman–Crippen LogP) is 3.87. The van der Waals surface area contributed by atoms with Gasteiger partial charge in [-0.25, -0.2) is 9.67 Å². The SMILES string of the molecule is Cc1cc(C)n(-c2ccc(Cl)c(C(=O)N(C)CC(=O)Nc3cccc(C)c3C)n2)n1. The Morgan fingerprint density at radius 1 is 1.13 bits per heavy atom. The molecule has 0 fully saturated rings. The largest absolute Gasteiger partial charge is 0.331 e. The maximum atomic E-state index is 12.9. The zero-order valence-corrected chi connectivity index (χ0v) is 18.4. The van der Waals surface area contributed by atoms with Gasteiger partial charge in [0.05, 0.1) is 17.3 Å². The second kappa shape index (κ2) is 8.67. The van der Waals surface area contributed by atoms with Gasteiger partial charge in [-0.1, -0.05) is 23.7 Å². The minimum Gasteiger partial charge on any atom is -0.331 e. The van der Waals surface area contributed by atoms with Crippen LogP contribution in [0.3, 0.4) is 0 Å². The van der Waals surface area contributed by atoms with Crippen molar-refractivity contribution in [2.45, 2.75) is 27.7 Å². The number of carbonyl (C=O) groups excluding carboxylic acids is 2. The van der Waals surface area contributed by atoms with Crippen LogP contribution in [-0.2, 0) is 4.79 Å². The van der Waals surface area contributed by atoms with Crippen LogP contribution in [-0.4, -0.2) is 45.1 Å². The van der Waals surface area contributed by atoms with E-state index in [0.717, 1.165) is 28.2 Å². The van der Waals surface area contributed by atoms with Crippen molar-refractivity contribution >= 4 is 29.1 Å². The van der Waals surface area contributed by atoms with E-state index in [1.54, 1.807) is 23.9 Å². The topological polar surface area (TPSA) is 80.1 Å². The van der Waals surface area contributed by atoms with Crippen molar-refractivity contribution in [1.29, 1.82) is 0 Å². The third kappa shape index (κ3) is 4.52. The molecule has 0 aliphatic heterocycles. The third-order valence-corrected chi connectivity index (χ3v) is 5.17. The van der Waals surface area contributed by atoms with Crippen LogP contribution in [0.1, 0.15) is 33.0 Å². The number of amides is 2. The van der Waals surface area contributed by atoms with Gasteiger partial charge < -0.3 is 10.2 Å². The molecular weight excluding hydrogens is 402 g/mol. The lowest BCUT2D eigenvalue weighted by Gasteiger charge is -2.18. The summed E-state index contributed by atoms with van der Waals surface area (Å²) in [5.74, 6) is -0.258. The van der Waals surface area contributed by atoms with Crippen LogP contribution >= 0.6 is 11.6 Å². The first kappa shape index (κ1) is 21.5. The first-order valence-corrected chi connectivity index (χ1v) is 9.87. The molecule has 156 valence electrons. The van der Waals surface area contributed by atoms with Crippen molar-refractivity contribution in [3.8, 4) is 5.82 Å². The molecule has 0 aliphatic carbocycles. The summed E-state index contributed by atoms with van der Waals surface area (Å²) in [6.45, 7) is 7.57. The zero-order valence-electron chi connectivity index (χ0n) is 17.7. The van der Waals surface area contributed by atoms with Crippen LogP contribution in [0.4, 0.5) is 5.69 Å². The van der Waals surface area contributed by atoms with E-state index in [2.05, 4.69) is 15.4 Å². The van der Waals surface area contributed by atoms with Gasteiger partial charge >= 0.3 is 0 Å². The summed E-state index contributed by atoms with van der Waals surface area (Å²) in [6, 6.07) is 10.9. The van der Waals surface area contributed by atoms with E-state index in [1.807, 2.05) is 52.0 Å². The van der Waals surface area contributed by atoms with Crippen molar-refractivity contribution in [3.05, 3.63) is 69.6 Å². The Balaban J connectivity index is 1.77. The van der Waals surface area contributed by atoms with Crippen LogP contribution in [0.15, 0.2) is 36.4 Å². The molecule has 7 nitrogen and oxygen atoms in total. The van der Waals surface area contributed by atoms with Crippen LogP contribution in [0.5, 0.6) is 0 Å². The lowest BCUT2D eigenvalue weighted by Crippen LogP contribution is -2.35. The molecule has 30 heavy (non-hydrogen) atoms. The predicted molar refractivity (Wildman–Crippen MR) is 117 cm³/mol. The van der Waals surface area contributed by atoms with E-state index in [-0.39, 0.29) is 23.2 Å². The Bertz CT molecular complexity index is 1120. The maximum Gasteiger partial charge on any atom is 0.274 e. The number of carbonyl (C=O) groups is 2. The average Bonchev–Trinajstić information content (AvgIpc) is 3.03. The Labute approximate surface area is 180 Å². The molecule has 8 heteroatoms. The fourth-order valence-corrected chi connectivity index (χ4v) is 3.29. The second-order valence-corrected chi connectivity index (χ2v) is 7.70. The summed E-state index contributed by atoms with van der Waals surface area (Å²) in [7, 11) is 1.54. The van der Waals surface area contributed by atoms with Gasteiger partial charge in [0.2, 0.25) is 5.91 Å². The van der Waals surface area contributed by atoms with E-state index in [0.29, 0.717) is 5.82 Å². The highest BCUT2D eigenvalue weighted by atomic mass is 35.5. The van der Waals surface area contributed by atoms with Crippen molar-refractivity contribution < 1.29 is 9.59 Å². The van der Waals surface area contributed by atoms with Crippen LogP contribution in [0, 0.1) is 27.7 Å². The highest BCUT2D eigenvalue weighted by Gasteiger charge is 2.21. The second-order valence-electron chi connectivity index (χ2n) is 7.30. The molecule has 1 N–H and O–H groups in total. The molecule has 0 unspecified atom stereocenters. The smallest absolute Gasteiger partial charge is 0.274 e. The lowest BCUT2D eigenvalue weighted by atomic mass is 10.1. The van der Waals surface area contributed by atoms with Gasteiger partial charge in [0.25, 0.3) is 5.91 Å². The molecule has 2 aromatic heterocycles. The molecule has 2 amide bonds. The number of aryl methyl sites for hydroxylation is 3. The van der Waals surface area contributed by atoms with Crippen molar-refractivity contribution in [1.82, 2.24) is 19.7 Å². The molecule has 3 rings (SSSR count). The Morgan fingerprint density at radius 2 is 1.87 bits per heavy atom. The summed E-state index contributed by atoms with van der Waals surface area (Å²) in [4.78, 5) is 31.1. The lowest BCUT2D eigenvalue weighted by molar-refractivity contribution is -0.116. The van der Waals surface area contributed by atoms with Gasteiger partial charge in [-0.15, -0.1) is 0 Å². The van der Waals surface area contributed by atoms with Crippen LogP contribution in [0.25, 0.3) is 5.82 Å². The van der Waals surface area contributed by atoms with Crippen LogP contribution < -0.4 is 5.32 Å². The number of rotatable bonds is 5. The van der Waals surface area contributed by atoms with E-state index in [9.17, 15) is 9.59 Å². The molecule has 0 bridgehead atoms. The van der Waals surface area contributed by atoms with E-state index < -0.39 is 5.91 Å². The molecule has 0 radical (unpaired) electrons. The molecule has 0 saturated heterocycles. The molecule has 0 spiro atoms. The monoisotopic (exact) mass is 425 g/mol. The molecule has 2 heterocycles. The summed E-state index contributed by atoms with van der Waals surface area (Å²) in [5, 5.41) is 7.45. The van der Waals surface area contributed by atoms with E-state index in [4.69, 9.17) is 11.6 Å². The normalized spacial score (nSPS) is 10.7. The molecule has 0 aliphatic rings.